The Bertz CT molecular complexity index is 504. The van der Waals surface area contributed by atoms with Gasteiger partial charge in [0.25, 0.3) is 10.0 Å². The van der Waals surface area contributed by atoms with Crippen LogP contribution in [0.5, 0.6) is 0 Å². The molecule has 1 aromatic rings. The molecule has 0 aliphatic carbocycles. The molecule has 1 atom stereocenters. The van der Waals surface area contributed by atoms with Crippen molar-refractivity contribution in [1.29, 1.82) is 0 Å². The third-order valence-corrected chi connectivity index (χ3v) is 5.17. The summed E-state index contributed by atoms with van der Waals surface area (Å²) in [5.41, 5.74) is 6.61. The van der Waals surface area contributed by atoms with Crippen LogP contribution in [0, 0.1) is 6.92 Å². The molecule has 2 heterocycles. The fourth-order valence-electron chi connectivity index (χ4n) is 2.25. The number of nitrogens with zero attached hydrogens (tertiary/aromatic N) is 2. The number of aromatic nitrogens is 1. The Morgan fingerprint density at radius 1 is 1.42 bits per heavy atom. The zero-order valence-corrected chi connectivity index (χ0v) is 12.6. The fraction of sp³-hybridized carbons (Fsp3) is 0.583. The molecule has 19 heavy (non-hydrogen) atoms. The number of hydrogen-bond acceptors (Lipinski definition) is 4. The molecule has 2 rings (SSSR count). The van der Waals surface area contributed by atoms with Crippen LogP contribution in [0.25, 0.3) is 0 Å². The van der Waals surface area contributed by atoms with Gasteiger partial charge >= 0.3 is 0 Å². The van der Waals surface area contributed by atoms with Gasteiger partial charge in [-0.2, -0.15) is 4.31 Å². The van der Waals surface area contributed by atoms with E-state index in [-0.39, 0.29) is 23.5 Å². The van der Waals surface area contributed by atoms with Crippen molar-refractivity contribution in [3.05, 3.63) is 23.9 Å². The molecule has 0 amide bonds. The van der Waals surface area contributed by atoms with Crippen molar-refractivity contribution in [2.45, 2.75) is 37.3 Å². The largest absolute Gasteiger partial charge is 0.329 e. The highest BCUT2D eigenvalue weighted by atomic mass is 35.5. The van der Waals surface area contributed by atoms with E-state index >= 15 is 0 Å². The lowest BCUT2D eigenvalue weighted by Gasteiger charge is -2.33. The highest BCUT2D eigenvalue weighted by Gasteiger charge is 2.33. The Morgan fingerprint density at radius 3 is 2.74 bits per heavy atom. The third kappa shape index (κ3) is 3.45. The van der Waals surface area contributed by atoms with E-state index in [9.17, 15) is 8.42 Å². The predicted molar refractivity (Wildman–Crippen MR) is 76.8 cm³/mol. The number of piperidine rings is 1. The van der Waals surface area contributed by atoms with Gasteiger partial charge in [-0.1, -0.05) is 12.5 Å². The van der Waals surface area contributed by atoms with E-state index in [1.165, 1.54) is 4.31 Å². The van der Waals surface area contributed by atoms with Gasteiger partial charge in [0, 0.05) is 25.3 Å². The van der Waals surface area contributed by atoms with Crippen LogP contribution in [-0.4, -0.2) is 36.8 Å². The molecule has 1 unspecified atom stereocenters. The summed E-state index contributed by atoms with van der Waals surface area (Å²) in [4.78, 5) is 4.02. The molecule has 1 aromatic heterocycles. The Morgan fingerprint density at radius 2 is 2.16 bits per heavy atom. The van der Waals surface area contributed by atoms with Crippen molar-refractivity contribution in [2.24, 2.45) is 5.73 Å². The summed E-state index contributed by atoms with van der Waals surface area (Å²) < 4.78 is 26.5. The van der Waals surface area contributed by atoms with Crippen LogP contribution < -0.4 is 5.73 Å². The molecule has 1 saturated heterocycles. The molecule has 1 fully saturated rings. The molecular weight excluding hydrogens is 286 g/mol. The van der Waals surface area contributed by atoms with E-state index in [1.807, 2.05) is 6.92 Å². The first-order valence-corrected chi connectivity index (χ1v) is 7.64. The number of aryl methyl sites for hydroxylation is 1. The quantitative estimate of drug-likeness (QED) is 0.913. The summed E-state index contributed by atoms with van der Waals surface area (Å²) in [7, 11) is -3.50. The predicted octanol–water partition coefficient (Wildman–Crippen LogP) is 1.31. The van der Waals surface area contributed by atoms with E-state index in [1.54, 1.807) is 18.3 Å². The van der Waals surface area contributed by atoms with Crippen LogP contribution in [0.1, 0.15) is 24.8 Å². The second-order valence-corrected chi connectivity index (χ2v) is 6.51. The standard InChI is InChI=1S/C12H19N3O2S.ClH/c1-10-5-6-12(14-9-10)18(16,17)15-7-3-2-4-11(15)8-13;/h5-6,9,11H,2-4,7-8,13H2,1H3;1H. The van der Waals surface area contributed by atoms with E-state index in [2.05, 4.69) is 4.98 Å². The van der Waals surface area contributed by atoms with Crippen molar-refractivity contribution in [2.75, 3.05) is 13.1 Å². The molecule has 0 spiro atoms. The van der Waals surface area contributed by atoms with Gasteiger partial charge in [0.15, 0.2) is 5.03 Å². The summed E-state index contributed by atoms with van der Waals surface area (Å²) in [6.07, 6.45) is 4.34. The van der Waals surface area contributed by atoms with Crippen LogP contribution >= 0.6 is 12.4 Å². The summed E-state index contributed by atoms with van der Waals surface area (Å²) in [5, 5.41) is 0.119. The van der Waals surface area contributed by atoms with E-state index in [0.717, 1.165) is 24.8 Å². The molecule has 0 saturated carbocycles. The van der Waals surface area contributed by atoms with Gasteiger partial charge in [0.1, 0.15) is 0 Å². The molecular formula is C12H20ClN3O2S. The highest BCUT2D eigenvalue weighted by Crippen LogP contribution is 2.23. The normalized spacial score (nSPS) is 20.8. The molecule has 5 nitrogen and oxygen atoms in total. The van der Waals surface area contributed by atoms with Crippen LogP contribution in [0.15, 0.2) is 23.4 Å². The number of rotatable bonds is 3. The van der Waals surface area contributed by atoms with Crippen molar-refractivity contribution < 1.29 is 8.42 Å². The highest BCUT2D eigenvalue weighted by molar-refractivity contribution is 7.89. The van der Waals surface area contributed by atoms with Crippen LogP contribution in [-0.2, 0) is 10.0 Å². The minimum Gasteiger partial charge on any atom is -0.329 e. The molecule has 0 aromatic carbocycles. The lowest BCUT2D eigenvalue weighted by atomic mass is 10.1. The van der Waals surface area contributed by atoms with Crippen molar-refractivity contribution >= 4 is 22.4 Å². The van der Waals surface area contributed by atoms with Gasteiger partial charge in [-0.25, -0.2) is 13.4 Å². The van der Waals surface area contributed by atoms with Gasteiger partial charge in [-0.05, 0) is 31.4 Å². The minimum atomic E-state index is -3.50. The van der Waals surface area contributed by atoms with Gasteiger partial charge in [0.05, 0.1) is 0 Å². The second-order valence-electron chi connectivity index (χ2n) is 4.67. The lowest BCUT2D eigenvalue weighted by molar-refractivity contribution is 0.257. The summed E-state index contributed by atoms with van der Waals surface area (Å²) in [6.45, 7) is 2.79. The summed E-state index contributed by atoms with van der Waals surface area (Å²) in [5.74, 6) is 0. The Labute approximate surface area is 120 Å². The van der Waals surface area contributed by atoms with Gasteiger partial charge in [0.2, 0.25) is 0 Å². The van der Waals surface area contributed by atoms with Gasteiger partial charge < -0.3 is 5.73 Å². The maximum Gasteiger partial charge on any atom is 0.260 e. The van der Waals surface area contributed by atoms with Gasteiger partial charge in [-0.15, -0.1) is 12.4 Å². The van der Waals surface area contributed by atoms with Crippen molar-refractivity contribution in [3.63, 3.8) is 0 Å². The first kappa shape index (κ1) is 16.4. The van der Waals surface area contributed by atoms with Crippen LogP contribution in [0.2, 0.25) is 0 Å². The van der Waals surface area contributed by atoms with Crippen LogP contribution in [0.3, 0.4) is 0 Å². The number of hydrogen-bond donors (Lipinski definition) is 1. The Balaban J connectivity index is 0.00000180. The first-order valence-electron chi connectivity index (χ1n) is 6.20. The van der Waals surface area contributed by atoms with Crippen LogP contribution in [0.4, 0.5) is 0 Å². The maximum absolute atomic E-state index is 12.5. The monoisotopic (exact) mass is 305 g/mol. The molecule has 1 aliphatic heterocycles. The van der Waals surface area contributed by atoms with E-state index in [4.69, 9.17) is 5.73 Å². The zero-order chi connectivity index (χ0) is 13.2. The molecule has 0 bridgehead atoms. The fourth-order valence-corrected chi connectivity index (χ4v) is 3.87. The molecule has 108 valence electrons. The van der Waals surface area contributed by atoms with E-state index < -0.39 is 10.0 Å². The topological polar surface area (TPSA) is 76.3 Å². The Kier molecular flexibility index (Phi) is 5.73. The molecule has 1 aliphatic rings. The summed E-state index contributed by atoms with van der Waals surface area (Å²) >= 11 is 0. The minimum absolute atomic E-state index is 0. The lowest BCUT2D eigenvalue weighted by Crippen LogP contribution is -2.47. The second kappa shape index (κ2) is 6.65. The number of pyridine rings is 1. The van der Waals surface area contributed by atoms with Crippen molar-refractivity contribution in [1.82, 2.24) is 9.29 Å². The number of nitrogens with two attached hydrogens (primary N) is 1. The molecule has 0 radical (unpaired) electrons. The van der Waals surface area contributed by atoms with Gasteiger partial charge in [-0.3, -0.25) is 0 Å². The average Bonchev–Trinajstić information content (AvgIpc) is 2.39. The number of halogens is 1. The first-order chi connectivity index (χ1) is 8.55. The van der Waals surface area contributed by atoms with Crippen molar-refractivity contribution in [3.8, 4) is 0 Å². The number of sulfonamides is 1. The maximum atomic E-state index is 12.5. The zero-order valence-electron chi connectivity index (χ0n) is 10.9. The SMILES string of the molecule is Cc1ccc(S(=O)(=O)N2CCCCC2CN)nc1.Cl. The Hall–Kier alpha value is -0.690. The molecule has 2 N–H and O–H groups in total. The third-order valence-electron chi connectivity index (χ3n) is 3.30. The smallest absolute Gasteiger partial charge is 0.260 e. The average molecular weight is 306 g/mol. The molecule has 7 heteroatoms. The summed E-state index contributed by atoms with van der Waals surface area (Å²) in [6, 6.07) is 3.24. The van der Waals surface area contributed by atoms with E-state index in [0.29, 0.717) is 13.1 Å².